The molecule has 2 aromatic rings. The summed E-state index contributed by atoms with van der Waals surface area (Å²) >= 11 is 0. The average molecular weight is 560 g/mol. The molecule has 13 heteroatoms. The second-order valence-electron chi connectivity index (χ2n) is 8.64. The van der Waals surface area contributed by atoms with Gasteiger partial charge in [0.05, 0.1) is 11.3 Å². The highest BCUT2D eigenvalue weighted by Gasteiger charge is 2.36. The van der Waals surface area contributed by atoms with Crippen LogP contribution in [0.2, 0.25) is 0 Å². The van der Waals surface area contributed by atoms with Crippen molar-refractivity contribution in [3.8, 4) is 0 Å². The maximum atomic E-state index is 13.2. The number of nitrogens with zero attached hydrogens (tertiary/aromatic N) is 2. The van der Waals surface area contributed by atoms with Crippen LogP contribution in [0.15, 0.2) is 71.5 Å². The molecular formula is C24H28F3N3O5S2. The number of nitrogens with one attached hydrogen (secondary N) is 1. The maximum Gasteiger partial charge on any atom is 0.406 e. The van der Waals surface area contributed by atoms with Crippen molar-refractivity contribution < 1.29 is 34.8 Å². The van der Waals surface area contributed by atoms with Gasteiger partial charge in [-0.25, -0.2) is 21.6 Å². The van der Waals surface area contributed by atoms with Crippen molar-refractivity contribution >= 4 is 26.0 Å². The summed E-state index contributed by atoms with van der Waals surface area (Å²) in [6, 6.07) is 13.1. The Morgan fingerprint density at radius 1 is 1.05 bits per heavy atom. The Bertz CT molecular complexity index is 1300. The number of carbonyl (C=O) groups excluding carboxylic acids is 1. The van der Waals surface area contributed by atoms with Crippen LogP contribution in [0.1, 0.15) is 24.0 Å². The first-order valence-corrected chi connectivity index (χ1v) is 14.4. The van der Waals surface area contributed by atoms with Gasteiger partial charge < -0.3 is 4.90 Å². The Morgan fingerprint density at radius 2 is 1.70 bits per heavy atom. The summed E-state index contributed by atoms with van der Waals surface area (Å²) in [6.45, 7) is 1.71. The molecule has 2 aromatic carbocycles. The fraction of sp³-hybridized carbons (Fsp3) is 0.375. The average Bonchev–Trinajstić information content (AvgIpc) is 3.32. The summed E-state index contributed by atoms with van der Waals surface area (Å²) in [5.41, 5.74) is 0.915. The van der Waals surface area contributed by atoms with E-state index in [1.165, 1.54) is 28.6 Å². The van der Waals surface area contributed by atoms with Gasteiger partial charge >= 0.3 is 6.18 Å². The van der Waals surface area contributed by atoms with E-state index >= 15 is 0 Å². The van der Waals surface area contributed by atoms with Crippen LogP contribution < -0.4 is 4.72 Å². The number of amides is 1. The second-order valence-corrected chi connectivity index (χ2v) is 12.2. The first kappa shape index (κ1) is 28.8. The highest BCUT2D eigenvalue weighted by Crippen LogP contribution is 2.26. The number of hydrogen-bond donors (Lipinski definition) is 1. The van der Waals surface area contributed by atoms with Gasteiger partial charge in [-0.2, -0.15) is 17.5 Å². The Balaban J connectivity index is 1.71. The summed E-state index contributed by atoms with van der Waals surface area (Å²) in [7, 11) is -7.67. The second kappa shape index (κ2) is 11.8. The molecule has 1 aliphatic heterocycles. The highest BCUT2D eigenvalue weighted by atomic mass is 32.2. The van der Waals surface area contributed by atoms with E-state index < -0.39 is 44.7 Å². The SMILES string of the molecule is C=CS(=O)(=O)NC[C@H]1CCCN1S(=O)(=O)c1ccc(CC(=O)N(Cc2ccccc2)CC(F)(F)F)cc1. The molecule has 3 rings (SSSR count). The Kier molecular flexibility index (Phi) is 9.16. The minimum absolute atomic E-state index is 0.0568. The number of benzene rings is 2. The van der Waals surface area contributed by atoms with E-state index in [1.807, 2.05) is 0 Å². The molecule has 1 saturated heterocycles. The smallest absolute Gasteiger partial charge is 0.329 e. The number of hydrogen-bond acceptors (Lipinski definition) is 5. The summed E-state index contributed by atoms with van der Waals surface area (Å²) < 4.78 is 92.5. The van der Waals surface area contributed by atoms with Crippen molar-refractivity contribution in [1.82, 2.24) is 13.9 Å². The van der Waals surface area contributed by atoms with E-state index in [-0.39, 0.29) is 31.0 Å². The fourth-order valence-electron chi connectivity index (χ4n) is 4.05. The minimum atomic E-state index is -4.57. The molecule has 1 N–H and O–H groups in total. The summed E-state index contributed by atoms with van der Waals surface area (Å²) in [5, 5.41) is 0.747. The normalized spacial score (nSPS) is 17.0. The van der Waals surface area contributed by atoms with E-state index in [0.29, 0.717) is 24.0 Å². The van der Waals surface area contributed by atoms with Crippen LogP contribution >= 0.6 is 0 Å². The number of alkyl halides is 3. The first-order chi connectivity index (χ1) is 17.3. The molecule has 0 aromatic heterocycles. The number of halogens is 3. The molecule has 37 heavy (non-hydrogen) atoms. The minimum Gasteiger partial charge on any atom is -0.329 e. The monoisotopic (exact) mass is 559 g/mol. The standard InChI is InChI=1S/C24H28F3N3O5S2/c1-2-36(32,33)28-16-21-9-6-14-30(21)37(34,35)22-12-10-19(11-13-22)15-23(31)29(18-24(25,26)27)17-20-7-4-3-5-8-20/h2-5,7-8,10-13,21,28H,1,6,9,14-18H2/t21-/m1/s1. The Morgan fingerprint density at radius 3 is 2.30 bits per heavy atom. The summed E-state index contributed by atoms with van der Waals surface area (Å²) in [4.78, 5) is 13.4. The molecule has 0 aliphatic carbocycles. The van der Waals surface area contributed by atoms with Gasteiger partial charge in [-0.05, 0) is 36.1 Å². The van der Waals surface area contributed by atoms with Gasteiger partial charge in [0.1, 0.15) is 6.54 Å². The lowest BCUT2D eigenvalue weighted by Gasteiger charge is -2.25. The zero-order valence-electron chi connectivity index (χ0n) is 19.9. The van der Waals surface area contributed by atoms with Crippen LogP contribution in [0, 0.1) is 0 Å². The van der Waals surface area contributed by atoms with Crippen molar-refractivity contribution in [2.75, 3.05) is 19.6 Å². The lowest BCUT2D eigenvalue weighted by atomic mass is 10.1. The Labute approximate surface area is 214 Å². The van der Waals surface area contributed by atoms with Gasteiger partial charge in [-0.15, -0.1) is 0 Å². The van der Waals surface area contributed by atoms with Crippen LogP contribution in [-0.2, 0) is 37.8 Å². The largest absolute Gasteiger partial charge is 0.406 e. The lowest BCUT2D eigenvalue weighted by Crippen LogP contribution is -2.42. The van der Waals surface area contributed by atoms with Gasteiger partial charge in [0.2, 0.25) is 26.0 Å². The third-order valence-corrected chi connectivity index (χ3v) is 8.86. The predicted molar refractivity (Wildman–Crippen MR) is 132 cm³/mol. The van der Waals surface area contributed by atoms with Crippen molar-refractivity contribution in [3.63, 3.8) is 0 Å². The molecule has 8 nitrogen and oxygen atoms in total. The number of rotatable bonds is 11. The van der Waals surface area contributed by atoms with Crippen LogP contribution in [-0.4, -0.2) is 63.8 Å². The topological polar surface area (TPSA) is 104 Å². The van der Waals surface area contributed by atoms with E-state index in [4.69, 9.17) is 0 Å². The van der Waals surface area contributed by atoms with Crippen LogP contribution in [0.25, 0.3) is 0 Å². The third-order valence-electron chi connectivity index (χ3n) is 5.89. The van der Waals surface area contributed by atoms with Crippen molar-refractivity contribution in [3.05, 3.63) is 77.7 Å². The zero-order chi connectivity index (χ0) is 27.3. The van der Waals surface area contributed by atoms with Gasteiger partial charge in [0, 0.05) is 31.1 Å². The zero-order valence-corrected chi connectivity index (χ0v) is 21.5. The molecule has 0 bridgehead atoms. The highest BCUT2D eigenvalue weighted by molar-refractivity contribution is 7.92. The van der Waals surface area contributed by atoms with Crippen molar-refractivity contribution in [2.45, 2.75) is 42.9 Å². The molecule has 1 atom stereocenters. The van der Waals surface area contributed by atoms with Crippen LogP contribution in [0.4, 0.5) is 13.2 Å². The molecule has 0 spiro atoms. The van der Waals surface area contributed by atoms with Gasteiger partial charge in [-0.3, -0.25) is 4.79 Å². The van der Waals surface area contributed by atoms with Crippen molar-refractivity contribution in [2.24, 2.45) is 0 Å². The lowest BCUT2D eigenvalue weighted by molar-refractivity contribution is -0.162. The molecule has 0 radical (unpaired) electrons. The van der Waals surface area contributed by atoms with Crippen molar-refractivity contribution in [1.29, 1.82) is 0 Å². The molecule has 0 saturated carbocycles. The Hall–Kier alpha value is -2.74. The molecular weight excluding hydrogens is 531 g/mol. The molecule has 1 amide bonds. The first-order valence-electron chi connectivity index (χ1n) is 11.4. The molecule has 0 unspecified atom stereocenters. The predicted octanol–water partition coefficient (Wildman–Crippen LogP) is 3.04. The third kappa shape index (κ3) is 8.12. The summed E-state index contributed by atoms with van der Waals surface area (Å²) in [5.74, 6) is -0.745. The van der Waals surface area contributed by atoms with Gasteiger partial charge in [0.25, 0.3) is 0 Å². The van der Waals surface area contributed by atoms with Crippen LogP contribution in [0.3, 0.4) is 0 Å². The molecule has 202 valence electrons. The fourth-order valence-corrected chi connectivity index (χ4v) is 6.29. The van der Waals surface area contributed by atoms with E-state index in [9.17, 15) is 34.8 Å². The maximum absolute atomic E-state index is 13.2. The van der Waals surface area contributed by atoms with Gasteiger partial charge in [0.15, 0.2) is 0 Å². The summed E-state index contributed by atoms with van der Waals surface area (Å²) in [6.07, 6.45) is -3.88. The molecule has 1 heterocycles. The van der Waals surface area contributed by atoms with Crippen LogP contribution in [0.5, 0.6) is 0 Å². The molecule has 1 fully saturated rings. The van der Waals surface area contributed by atoms with E-state index in [2.05, 4.69) is 11.3 Å². The number of sulfonamides is 2. The van der Waals surface area contributed by atoms with E-state index in [0.717, 1.165) is 10.3 Å². The van der Waals surface area contributed by atoms with Gasteiger partial charge in [-0.1, -0.05) is 49.0 Å². The number of carbonyl (C=O) groups is 1. The molecule has 1 aliphatic rings. The van der Waals surface area contributed by atoms with E-state index in [1.54, 1.807) is 30.3 Å². The quantitative estimate of drug-likeness (QED) is 0.456.